The van der Waals surface area contributed by atoms with Gasteiger partial charge < -0.3 is 0 Å². The lowest BCUT2D eigenvalue weighted by atomic mass is 9.82. The van der Waals surface area contributed by atoms with E-state index in [-0.39, 0.29) is 0 Å². The Morgan fingerprint density at radius 2 is 2.00 bits per heavy atom. The van der Waals surface area contributed by atoms with Crippen LogP contribution < -0.4 is 0 Å². The minimum Gasteiger partial charge on any atom is -0.144 e. The van der Waals surface area contributed by atoms with Crippen LogP contribution in [0, 0.1) is 0 Å². The minimum absolute atomic E-state index is 0.296. The third-order valence-electron chi connectivity index (χ3n) is 3.09. The fourth-order valence-corrected chi connectivity index (χ4v) is 2.81. The molecular weight excluding hydrogens is 188 g/mol. The summed E-state index contributed by atoms with van der Waals surface area (Å²) < 4.78 is 1.46. The number of thiophene rings is 1. The van der Waals surface area contributed by atoms with Crippen LogP contribution in [0.3, 0.4) is 0 Å². The zero-order chi connectivity index (χ0) is 10.2. The van der Waals surface area contributed by atoms with Crippen molar-refractivity contribution in [3.63, 3.8) is 0 Å². The van der Waals surface area contributed by atoms with Gasteiger partial charge in [-0.05, 0) is 34.2 Å². The first-order valence-corrected chi connectivity index (χ1v) is 6.00. The molecule has 1 heterocycles. The largest absolute Gasteiger partial charge is 0.144 e. The summed E-state index contributed by atoms with van der Waals surface area (Å²) in [5.74, 6) is 0. The Morgan fingerprint density at radius 1 is 1.21 bits per heavy atom. The van der Waals surface area contributed by atoms with Crippen molar-refractivity contribution in [1.82, 2.24) is 0 Å². The lowest BCUT2D eigenvalue weighted by Gasteiger charge is -2.23. The molecule has 0 aliphatic rings. The average Bonchev–Trinajstić information content (AvgIpc) is 2.64. The normalized spacial score (nSPS) is 12.2. The molecule has 0 amide bonds. The van der Waals surface area contributed by atoms with E-state index in [1.807, 2.05) is 11.3 Å². The van der Waals surface area contributed by atoms with Crippen LogP contribution in [0.5, 0.6) is 0 Å². The Balaban J connectivity index is 2.67. The Kier molecular flexibility index (Phi) is 2.36. The Morgan fingerprint density at radius 3 is 2.71 bits per heavy atom. The number of benzene rings is 1. The molecule has 0 saturated heterocycles. The Bertz CT molecular complexity index is 437. The SMILES string of the molecule is CCC(C)(C)c1cccc2ccsc12. The van der Waals surface area contributed by atoms with Gasteiger partial charge in [0, 0.05) is 4.70 Å². The van der Waals surface area contributed by atoms with Gasteiger partial charge in [0.2, 0.25) is 0 Å². The number of rotatable bonds is 2. The van der Waals surface area contributed by atoms with E-state index in [0.29, 0.717) is 5.41 Å². The summed E-state index contributed by atoms with van der Waals surface area (Å²) in [5, 5.41) is 3.56. The van der Waals surface area contributed by atoms with Gasteiger partial charge in [-0.15, -0.1) is 11.3 Å². The molecule has 2 rings (SSSR count). The third kappa shape index (κ3) is 1.46. The second kappa shape index (κ2) is 3.39. The molecule has 0 bridgehead atoms. The molecule has 0 nitrogen and oxygen atoms in total. The molecule has 1 aromatic heterocycles. The van der Waals surface area contributed by atoms with Crippen molar-refractivity contribution >= 4 is 21.4 Å². The summed E-state index contributed by atoms with van der Waals surface area (Å²) in [6.45, 7) is 6.90. The van der Waals surface area contributed by atoms with E-state index in [0.717, 1.165) is 0 Å². The first kappa shape index (κ1) is 9.72. The molecule has 0 unspecified atom stereocenters. The van der Waals surface area contributed by atoms with Gasteiger partial charge in [0.15, 0.2) is 0 Å². The van der Waals surface area contributed by atoms with E-state index in [1.54, 1.807) is 0 Å². The molecule has 0 saturated carbocycles. The highest BCUT2D eigenvalue weighted by Gasteiger charge is 2.20. The molecule has 0 radical (unpaired) electrons. The minimum atomic E-state index is 0.296. The Labute approximate surface area is 89.6 Å². The maximum Gasteiger partial charge on any atom is 0.0380 e. The number of hydrogen-bond donors (Lipinski definition) is 0. The van der Waals surface area contributed by atoms with Crippen molar-refractivity contribution in [1.29, 1.82) is 0 Å². The summed E-state index contributed by atoms with van der Waals surface area (Å²) in [6.07, 6.45) is 1.18. The molecule has 0 fully saturated rings. The molecule has 1 heteroatoms. The van der Waals surface area contributed by atoms with Gasteiger partial charge in [0.05, 0.1) is 0 Å². The second-order valence-electron chi connectivity index (χ2n) is 4.38. The summed E-state index contributed by atoms with van der Waals surface area (Å²) in [6, 6.07) is 8.83. The van der Waals surface area contributed by atoms with E-state index in [4.69, 9.17) is 0 Å². The van der Waals surface area contributed by atoms with E-state index >= 15 is 0 Å². The maximum atomic E-state index is 2.32. The number of fused-ring (bicyclic) bond motifs is 1. The van der Waals surface area contributed by atoms with Gasteiger partial charge in [-0.1, -0.05) is 39.0 Å². The molecule has 0 N–H and O–H groups in total. The zero-order valence-electron chi connectivity index (χ0n) is 9.00. The smallest absolute Gasteiger partial charge is 0.0380 e. The summed E-state index contributed by atoms with van der Waals surface area (Å²) >= 11 is 1.86. The molecule has 74 valence electrons. The van der Waals surface area contributed by atoms with Crippen LogP contribution in [-0.2, 0) is 5.41 Å². The molecule has 0 spiro atoms. The van der Waals surface area contributed by atoms with Crippen LogP contribution in [-0.4, -0.2) is 0 Å². The summed E-state index contributed by atoms with van der Waals surface area (Å²) in [5.41, 5.74) is 1.79. The maximum absolute atomic E-state index is 2.32. The van der Waals surface area contributed by atoms with Crippen molar-refractivity contribution in [2.75, 3.05) is 0 Å². The molecule has 14 heavy (non-hydrogen) atoms. The molecule has 1 aromatic carbocycles. The first-order valence-electron chi connectivity index (χ1n) is 5.12. The van der Waals surface area contributed by atoms with Crippen molar-refractivity contribution in [2.45, 2.75) is 32.6 Å². The topological polar surface area (TPSA) is 0 Å². The quantitative estimate of drug-likeness (QED) is 0.671. The van der Waals surface area contributed by atoms with E-state index in [2.05, 4.69) is 50.4 Å². The first-order chi connectivity index (χ1) is 6.65. The highest BCUT2D eigenvalue weighted by molar-refractivity contribution is 7.17. The molecule has 2 aromatic rings. The standard InChI is InChI=1S/C13H16S/c1-4-13(2,3)11-7-5-6-10-8-9-14-12(10)11/h5-9H,4H2,1-3H3. The predicted octanol–water partition coefficient (Wildman–Crippen LogP) is 4.59. The molecule has 0 aliphatic carbocycles. The molecule has 0 aliphatic heterocycles. The zero-order valence-corrected chi connectivity index (χ0v) is 9.82. The lowest BCUT2D eigenvalue weighted by Crippen LogP contribution is -2.15. The monoisotopic (exact) mass is 204 g/mol. The van der Waals surface area contributed by atoms with Gasteiger partial charge in [-0.25, -0.2) is 0 Å². The van der Waals surface area contributed by atoms with Crippen LogP contribution in [0.25, 0.3) is 10.1 Å². The fraction of sp³-hybridized carbons (Fsp3) is 0.385. The van der Waals surface area contributed by atoms with Crippen LogP contribution >= 0.6 is 11.3 Å². The molecule has 0 atom stereocenters. The highest BCUT2D eigenvalue weighted by Crippen LogP contribution is 2.35. The van der Waals surface area contributed by atoms with Gasteiger partial charge >= 0.3 is 0 Å². The van der Waals surface area contributed by atoms with Crippen molar-refractivity contribution in [2.24, 2.45) is 0 Å². The van der Waals surface area contributed by atoms with Crippen molar-refractivity contribution < 1.29 is 0 Å². The van der Waals surface area contributed by atoms with Gasteiger partial charge in [0.25, 0.3) is 0 Å². The average molecular weight is 204 g/mol. The van der Waals surface area contributed by atoms with Gasteiger partial charge in [-0.3, -0.25) is 0 Å². The predicted molar refractivity (Wildman–Crippen MR) is 65.1 cm³/mol. The lowest BCUT2D eigenvalue weighted by molar-refractivity contribution is 0.511. The van der Waals surface area contributed by atoms with Crippen molar-refractivity contribution in [3.8, 4) is 0 Å². The summed E-state index contributed by atoms with van der Waals surface area (Å²) in [7, 11) is 0. The van der Waals surface area contributed by atoms with Gasteiger partial charge in [0.1, 0.15) is 0 Å². The van der Waals surface area contributed by atoms with Gasteiger partial charge in [-0.2, -0.15) is 0 Å². The molecular formula is C13H16S. The summed E-state index contributed by atoms with van der Waals surface area (Å²) in [4.78, 5) is 0. The Hall–Kier alpha value is -0.820. The third-order valence-corrected chi connectivity index (χ3v) is 4.06. The van der Waals surface area contributed by atoms with Crippen LogP contribution in [0.2, 0.25) is 0 Å². The number of hydrogen-bond acceptors (Lipinski definition) is 1. The van der Waals surface area contributed by atoms with E-state index < -0.39 is 0 Å². The fourth-order valence-electron chi connectivity index (χ4n) is 1.72. The van der Waals surface area contributed by atoms with Crippen LogP contribution in [0.1, 0.15) is 32.8 Å². The highest BCUT2D eigenvalue weighted by atomic mass is 32.1. The second-order valence-corrected chi connectivity index (χ2v) is 5.30. The van der Waals surface area contributed by atoms with E-state index in [9.17, 15) is 0 Å². The van der Waals surface area contributed by atoms with Crippen molar-refractivity contribution in [3.05, 3.63) is 35.2 Å². The van der Waals surface area contributed by atoms with Crippen LogP contribution in [0.15, 0.2) is 29.6 Å². The van der Waals surface area contributed by atoms with Crippen LogP contribution in [0.4, 0.5) is 0 Å². The van der Waals surface area contributed by atoms with E-state index in [1.165, 1.54) is 22.1 Å².